The Morgan fingerprint density at radius 3 is 2.79 bits per heavy atom. The maximum Gasteiger partial charge on any atom is 0.0401 e. The standard InChI is InChI=1S/C17H28N2/c1-4-11-17(3,12-18)13-19-14(2)9-10-15-7-5-6-8-16(15)19/h5-8,14H,4,9-13,18H2,1-3H3. The highest BCUT2D eigenvalue weighted by Gasteiger charge is 2.30. The Balaban J connectivity index is 2.23. The molecule has 2 nitrogen and oxygen atoms in total. The molecule has 19 heavy (non-hydrogen) atoms. The molecule has 1 heterocycles. The third-order valence-electron chi connectivity index (χ3n) is 4.56. The van der Waals surface area contributed by atoms with Crippen molar-refractivity contribution in [3.8, 4) is 0 Å². The maximum atomic E-state index is 6.05. The number of aryl methyl sites for hydroxylation is 1. The van der Waals surface area contributed by atoms with E-state index in [9.17, 15) is 0 Å². The summed E-state index contributed by atoms with van der Waals surface area (Å²) in [5, 5.41) is 0. The van der Waals surface area contributed by atoms with Gasteiger partial charge in [-0.25, -0.2) is 0 Å². The van der Waals surface area contributed by atoms with Crippen LogP contribution in [-0.4, -0.2) is 19.1 Å². The van der Waals surface area contributed by atoms with Gasteiger partial charge >= 0.3 is 0 Å². The summed E-state index contributed by atoms with van der Waals surface area (Å²) in [7, 11) is 0. The lowest BCUT2D eigenvalue weighted by molar-refractivity contribution is 0.295. The van der Waals surface area contributed by atoms with Gasteiger partial charge in [0.1, 0.15) is 0 Å². The smallest absolute Gasteiger partial charge is 0.0401 e. The molecule has 2 atom stereocenters. The van der Waals surface area contributed by atoms with Gasteiger partial charge in [0.05, 0.1) is 0 Å². The van der Waals surface area contributed by atoms with E-state index >= 15 is 0 Å². The summed E-state index contributed by atoms with van der Waals surface area (Å²) in [5.41, 5.74) is 9.20. The molecular formula is C17H28N2. The summed E-state index contributed by atoms with van der Waals surface area (Å²) in [6.07, 6.45) is 4.87. The summed E-state index contributed by atoms with van der Waals surface area (Å²) in [4.78, 5) is 2.58. The van der Waals surface area contributed by atoms with E-state index in [-0.39, 0.29) is 5.41 Å². The number of nitrogens with zero attached hydrogens (tertiary/aromatic N) is 1. The van der Waals surface area contributed by atoms with Crippen molar-refractivity contribution in [2.24, 2.45) is 11.1 Å². The second-order valence-corrected chi connectivity index (χ2v) is 6.41. The van der Waals surface area contributed by atoms with Gasteiger partial charge in [-0.15, -0.1) is 0 Å². The second-order valence-electron chi connectivity index (χ2n) is 6.41. The molecule has 0 aliphatic carbocycles. The molecule has 0 fully saturated rings. The van der Waals surface area contributed by atoms with Crippen LogP contribution in [0.1, 0.15) is 45.6 Å². The molecule has 0 radical (unpaired) electrons. The van der Waals surface area contributed by atoms with Crippen LogP contribution >= 0.6 is 0 Å². The van der Waals surface area contributed by atoms with Gasteiger partial charge in [-0.05, 0) is 49.8 Å². The van der Waals surface area contributed by atoms with Crippen molar-refractivity contribution >= 4 is 5.69 Å². The van der Waals surface area contributed by atoms with E-state index in [0.717, 1.165) is 13.1 Å². The molecule has 1 aromatic rings. The van der Waals surface area contributed by atoms with Gasteiger partial charge in [-0.3, -0.25) is 0 Å². The van der Waals surface area contributed by atoms with Crippen molar-refractivity contribution in [3.05, 3.63) is 29.8 Å². The predicted octanol–water partition coefficient (Wildman–Crippen LogP) is 3.59. The monoisotopic (exact) mass is 260 g/mol. The molecule has 0 saturated heterocycles. The van der Waals surface area contributed by atoms with Gasteiger partial charge < -0.3 is 10.6 Å². The van der Waals surface area contributed by atoms with Crippen LogP contribution in [-0.2, 0) is 6.42 Å². The van der Waals surface area contributed by atoms with E-state index in [1.807, 2.05) is 0 Å². The molecule has 2 unspecified atom stereocenters. The van der Waals surface area contributed by atoms with E-state index in [1.54, 1.807) is 0 Å². The Kier molecular flexibility index (Phi) is 4.51. The summed E-state index contributed by atoms with van der Waals surface area (Å²) < 4.78 is 0. The number of para-hydroxylation sites is 1. The Labute approximate surface area is 118 Å². The molecule has 0 saturated carbocycles. The SMILES string of the molecule is CCCC(C)(CN)CN1c2ccccc2CCC1C. The van der Waals surface area contributed by atoms with E-state index in [0.29, 0.717) is 6.04 Å². The molecule has 1 aliphatic heterocycles. The Bertz CT molecular complexity index is 415. The topological polar surface area (TPSA) is 29.3 Å². The largest absolute Gasteiger partial charge is 0.368 e. The predicted molar refractivity (Wildman–Crippen MR) is 83.6 cm³/mol. The van der Waals surface area contributed by atoms with Crippen molar-refractivity contribution < 1.29 is 0 Å². The maximum absolute atomic E-state index is 6.05. The third-order valence-corrected chi connectivity index (χ3v) is 4.56. The average molecular weight is 260 g/mol. The van der Waals surface area contributed by atoms with Gasteiger partial charge in [0.15, 0.2) is 0 Å². The number of anilines is 1. The average Bonchev–Trinajstić information content (AvgIpc) is 2.42. The molecule has 1 aliphatic rings. The third kappa shape index (κ3) is 3.11. The number of hydrogen-bond acceptors (Lipinski definition) is 2. The van der Waals surface area contributed by atoms with Crippen molar-refractivity contribution in [1.82, 2.24) is 0 Å². The Morgan fingerprint density at radius 1 is 1.37 bits per heavy atom. The van der Waals surface area contributed by atoms with Crippen molar-refractivity contribution in [1.29, 1.82) is 0 Å². The number of rotatable bonds is 5. The van der Waals surface area contributed by atoms with E-state index < -0.39 is 0 Å². The minimum Gasteiger partial charge on any atom is -0.368 e. The summed E-state index contributed by atoms with van der Waals surface area (Å²) in [6.45, 7) is 8.78. The fourth-order valence-corrected chi connectivity index (χ4v) is 3.26. The molecule has 1 aromatic carbocycles. The molecule has 106 valence electrons. The van der Waals surface area contributed by atoms with Gasteiger partial charge in [0, 0.05) is 18.3 Å². The van der Waals surface area contributed by atoms with Crippen LogP contribution in [0.3, 0.4) is 0 Å². The number of benzene rings is 1. The fourth-order valence-electron chi connectivity index (χ4n) is 3.26. The van der Waals surface area contributed by atoms with Gasteiger partial charge in [0.25, 0.3) is 0 Å². The van der Waals surface area contributed by atoms with E-state index in [4.69, 9.17) is 5.73 Å². The van der Waals surface area contributed by atoms with Gasteiger partial charge in [0.2, 0.25) is 0 Å². The summed E-state index contributed by atoms with van der Waals surface area (Å²) >= 11 is 0. The molecule has 0 amide bonds. The highest BCUT2D eigenvalue weighted by atomic mass is 15.2. The lowest BCUT2D eigenvalue weighted by atomic mass is 9.83. The van der Waals surface area contributed by atoms with Crippen LogP contribution < -0.4 is 10.6 Å². The molecule has 2 N–H and O–H groups in total. The zero-order valence-electron chi connectivity index (χ0n) is 12.7. The van der Waals surface area contributed by atoms with E-state index in [1.165, 1.54) is 36.9 Å². The first-order valence-corrected chi connectivity index (χ1v) is 7.64. The first-order valence-electron chi connectivity index (χ1n) is 7.64. The highest BCUT2D eigenvalue weighted by molar-refractivity contribution is 5.56. The zero-order valence-corrected chi connectivity index (χ0v) is 12.7. The summed E-state index contributed by atoms with van der Waals surface area (Å²) in [5.74, 6) is 0. The lowest BCUT2D eigenvalue weighted by Crippen LogP contribution is -2.46. The van der Waals surface area contributed by atoms with Crippen molar-refractivity contribution in [2.75, 3.05) is 18.0 Å². The number of hydrogen-bond donors (Lipinski definition) is 1. The molecule has 2 heteroatoms. The zero-order chi connectivity index (χ0) is 13.9. The lowest BCUT2D eigenvalue weighted by Gasteiger charge is -2.43. The molecule has 0 bridgehead atoms. The second kappa shape index (κ2) is 5.96. The minimum absolute atomic E-state index is 0.230. The van der Waals surface area contributed by atoms with Crippen molar-refractivity contribution in [3.63, 3.8) is 0 Å². The van der Waals surface area contributed by atoms with Crippen LogP contribution in [0.25, 0.3) is 0 Å². The molecular weight excluding hydrogens is 232 g/mol. The van der Waals surface area contributed by atoms with Crippen LogP contribution in [0.4, 0.5) is 5.69 Å². The first kappa shape index (κ1) is 14.4. The van der Waals surface area contributed by atoms with Gasteiger partial charge in [-0.2, -0.15) is 0 Å². The number of nitrogens with two attached hydrogens (primary N) is 1. The quantitative estimate of drug-likeness (QED) is 0.876. The fraction of sp³-hybridized carbons (Fsp3) is 0.647. The molecule has 0 spiro atoms. The molecule has 2 rings (SSSR count). The van der Waals surface area contributed by atoms with Crippen LogP contribution in [0.5, 0.6) is 0 Å². The minimum atomic E-state index is 0.230. The normalized spacial score (nSPS) is 21.9. The van der Waals surface area contributed by atoms with Crippen LogP contribution in [0.2, 0.25) is 0 Å². The van der Waals surface area contributed by atoms with Crippen LogP contribution in [0, 0.1) is 5.41 Å². The number of fused-ring (bicyclic) bond motifs is 1. The van der Waals surface area contributed by atoms with Crippen LogP contribution in [0.15, 0.2) is 24.3 Å². The summed E-state index contributed by atoms with van der Waals surface area (Å²) in [6, 6.07) is 9.48. The van der Waals surface area contributed by atoms with Crippen molar-refractivity contribution in [2.45, 2.75) is 52.5 Å². The van der Waals surface area contributed by atoms with Gasteiger partial charge in [-0.1, -0.05) is 38.5 Å². The molecule has 0 aromatic heterocycles. The highest BCUT2D eigenvalue weighted by Crippen LogP contribution is 2.34. The first-order chi connectivity index (χ1) is 9.09. The Morgan fingerprint density at radius 2 is 2.11 bits per heavy atom. The Hall–Kier alpha value is -1.02. The van der Waals surface area contributed by atoms with E-state index in [2.05, 4.69) is 49.9 Å².